The number of thiophene rings is 1. The van der Waals surface area contributed by atoms with Gasteiger partial charge >= 0.3 is 13.3 Å². The summed E-state index contributed by atoms with van der Waals surface area (Å²) in [5, 5.41) is 5.98. The molecule has 1 saturated heterocycles. The molecule has 2 heterocycles. The van der Waals surface area contributed by atoms with E-state index in [9.17, 15) is 32.5 Å². The number of rotatable bonds is 9. The van der Waals surface area contributed by atoms with E-state index < -0.39 is 54.0 Å². The van der Waals surface area contributed by atoms with Gasteiger partial charge in [0, 0.05) is 45.8 Å². The lowest BCUT2D eigenvalue weighted by atomic mass is 9.85. The second-order valence-corrected chi connectivity index (χ2v) is 16.4. The van der Waals surface area contributed by atoms with Gasteiger partial charge in [0.25, 0.3) is 17.7 Å². The number of anilines is 2. The van der Waals surface area contributed by atoms with E-state index in [0.29, 0.717) is 39.5 Å². The minimum atomic E-state index is -5.80. The molecule has 0 radical (unpaired) electrons. The van der Waals surface area contributed by atoms with Crippen molar-refractivity contribution in [1.29, 1.82) is 0 Å². The minimum absolute atomic E-state index is 0.0897. The molecule has 0 saturated carbocycles. The van der Waals surface area contributed by atoms with Crippen molar-refractivity contribution in [3.8, 4) is 0 Å². The zero-order chi connectivity index (χ0) is 37.5. The predicted octanol–water partition coefficient (Wildman–Crippen LogP) is 6.64. The van der Waals surface area contributed by atoms with E-state index in [0.717, 1.165) is 23.5 Å². The SMILES string of the molecule is CNC(=O)c1ccc(N(C(=O)C2CCCN2C(=O)C(NC(=O)c2cc3cc(C(F)(F)P(=O)(O)O)ccc3s2)C(C)(C)C)c2ccc(Cl)cc2)cc1. The van der Waals surface area contributed by atoms with Crippen LogP contribution in [0.4, 0.5) is 20.2 Å². The number of hydrogen-bond acceptors (Lipinski definition) is 6. The van der Waals surface area contributed by atoms with Gasteiger partial charge in [-0.3, -0.25) is 28.6 Å². The van der Waals surface area contributed by atoms with Crippen molar-refractivity contribution in [3.05, 3.63) is 93.8 Å². The predicted molar refractivity (Wildman–Crippen MR) is 192 cm³/mol. The molecule has 16 heteroatoms. The Labute approximate surface area is 301 Å². The lowest BCUT2D eigenvalue weighted by molar-refractivity contribution is -0.140. The summed E-state index contributed by atoms with van der Waals surface area (Å²) >= 11 is 7.11. The molecule has 4 aromatic rings. The number of carbonyl (C=O) groups is 4. The third-order valence-electron chi connectivity index (χ3n) is 8.58. The van der Waals surface area contributed by atoms with Crippen LogP contribution in [-0.2, 0) is 19.8 Å². The van der Waals surface area contributed by atoms with Crippen LogP contribution < -0.4 is 15.5 Å². The average Bonchev–Trinajstić information content (AvgIpc) is 3.74. The number of likely N-dealkylation sites (tertiary alicyclic amines) is 1. The van der Waals surface area contributed by atoms with Crippen molar-refractivity contribution in [1.82, 2.24) is 15.5 Å². The standard InChI is InChI=1S/C35H36ClF2N4O7PS/c1-34(2,3)29(40-31(44)28-19-21-18-22(9-16-27(21)51-28)35(37,38)50(47,48)49)33(46)41-17-5-6-26(41)32(45)42(25-14-10-23(36)11-15-25)24-12-7-20(8-13-24)30(43)39-4/h7-16,18-19,26,29H,5-6,17H2,1-4H3,(H,39,43)(H,40,44)(H2,47,48,49). The Hall–Kier alpha value is -4.20. The van der Waals surface area contributed by atoms with Crippen molar-refractivity contribution in [2.24, 2.45) is 5.41 Å². The molecule has 51 heavy (non-hydrogen) atoms. The molecule has 4 N–H and O–H groups in total. The van der Waals surface area contributed by atoms with Gasteiger partial charge in [0.1, 0.15) is 12.1 Å². The lowest BCUT2D eigenvalue weighted by Gasteiger charge is -2.36. The second-order valence-electron chi connectivity index (χ2n) is 13.2. The summed E-state index contributed by atoms with van der Waals surface area (Å²) in [6.07, 6.45) is 0.878. The van der Waals surface area contributed by atoms with Gasteiger partial charge in [-0.1, -0.05) is 38.4 Å². The number of nitrogens with one attached hydrogen (secondary N) is 2. The summed E-state index contributed by atoms with van der Waals surface area (Å²) in [6.45, 7) is 5.54. The molecule has 270 valence electrons. The quantitative estimate of drug-likeness (QED) is 0.139. The number of amides is 4. The Morgan fingerprint density at radius 2 is 1.57 bits per heavy atom. The van der Waals surface area contributed by atoms with Crippen molar-refractivity contribution >= 4 is 75.6 Å². The highest BCUT2D eigenvalue weighted by atomic mass is 35.5. The average molecular weight is 761 g/mol. The molecule has 1 aliphatic heterocycles. The highest BCUT2D eigenvalue weighted by Crippen LogP contribution is 2.59. The normalized spacial score (nSPS) is 15.8. The molecule has 1 aromatic heterocycles. The largest absolute Gasteiger partial charge is 0.399 e. The third-order valence-corrected chi connectivity index (χ3v) is 10.9. The molecule has 5 rings (SSSR count). The highest BCUT2D eigenvalue weighted by Gasteiger charge is 2.50. The van der Waals surface area contributed by atoms with Gasteiger partial charge in [-0.25, -0.2) is 0 Å². The van der Waals surface area contributed by atoms with Gasteiger partial charge < -0.3 is 25.3 Å². The van der Waals surface area contributed by atoms with E-state index in [2.05, 4.69) is 10.6 Å². The van der Waals surface area contributed by atoms with Gasteiger partial charge in [0.2, 0.25) is 5.91 Å². The fraction of sp³-hybridized carbons (Fsp3) is 0.314. The summed E-state index contributed by atoms with van der Waals surface area (Å²) in [7, 11) is -4.29. The number of alkyl halides is 2. The maximum absolute atomic E-state index is 14.4. The number of hydrogen-bond donors (Lipinski definition) is 4. The number of carbonyl (C=O) groups excluding carboxylic acids is 4. The first-order valence-corrected chi connectivity index (χ1v) is 18.6. The summed E-state index contributed by atoms with van der Waals surface area (Å²) < 4.78 is 40.6. The molecule has 11 nitrogen and oxygen atoms in total. The fourth-order valence-electron chi connectivity index (χ4n) is 5.86. The Morgan fingerprint density at radius 3 is 2.14 bits per heavy atom. The molecule has 0 spiro atoms. The smallest absolute Gasteiger partial charge is 0.355 e. The molecule has 2 atom stereocenters. The van der Waals surface area contributed by atoms with Crippen molar-refractivity contribution in [2.75, 3.05) is 18.5 Å². The van der Waals surface area contributed by atoms with Crippen LogP contribution in [-0.4, -0.2) is 64.0 Å². The molecular formula is C35H36ClF2N4O7PS. The zero-order valence-corrected chi connectivity index (χ0v) is 30.5. The second kappa shape index (κ2) is 14.4. The first-order chi connectivity index (χ1) is 23.8. The molecule has 1 fully saturated rings. The third kappa shape index (κ3) is 7.85. The topological polar surface area (TPSA) is 156 Å². The zero-order valence-electron chi connectivity index (χ0n) is 28.0. The van der Waals surface area contributed by atoms with E-state index in [4.69, 9.17) is 21.4 Å². The molecule has 0 bridgehead atoms. The van der Waals surface area contributed by atoms with Crippen molar-refractivity contribution < 1.29 is 42.3 Å². The fourth-order valence-corrected chi connectivity index (χ4v) is 7.41. The van der Waals surface area contributed by atoms with Crippen LogP contribution in [0.5, 0.6) is 0 Å². The molecule has 4 amide bonds. The number of fused-ring (bicyclic) bond motifs is 1. The van der Waals surface area contributed by atoms with Crippen molar-refractivity contribution in [2.45, 2.75) is 51.4 Å². The molecular weight excluding hydrogens is 725 g/mol. The van der Waals surface area contributed by atoms with Crippen molar-refractivity contribution in [3.63, 3.8) is 0 Å². The number of nitrogens with zero attached hydrogens (tertiary/aromatic N) is 2. The van der Waals surface area contributed by atoms with Gasteiger partial charge in [0.05, 0.1) is 4.88 Å². The highest BCUT2D eigenvalue weighted by molar-refractivity contribution is 7.52. The Bertz CT molecular complexity index is 2030. The van der Waals surface area contributed by atoms with Crippen LogP contribution in [0, 0.1) is 5.41 Å². The van der Waals surface area contributed by atoms with Crippen LogP contribution in [0.1, 0.15) is 59.2 Å². The van der Waals surface area contributed by atoms with E-state index in [1.807, 2.05) is 0 Å². The number of halogens is 3. The minimum Gasteiger partial charge on any atom is -0.355 e. The van der Waals surface area contributed by atoms with Gasteiger partial charge in [0.15, 0.2) is 0 Å². The molecule has 3 aromatic carbocycles. The Kier molecular flexibility index (Phi) is 10.8. The van der Waals surface area contributed by atoms with Crippen LogP contribution in [0.2, 0.25) is 5.02 Å². The molecule has 0 aliphatic carbocycles. The maximum atomic E-state index is 14.4. The molecule has 2 unspecified atom stereocenters. The van der Waals surface area contributed by atoms with Crippen LogP contribution in [0.25, 0.3) is 10.1 Å². The maximum Gasteiger partial charge on any atom is 0.399 e. The Balaban J connectivity index is 1.42. The van der Waals surface area contributed by atoms with Crippen LogP contribution in [0.3, 0.4) is 0 Å². The molecule has 1 aliphatic rings. The van der Waals surface area contributed by atoms with E-state index >= 15 is 0 Å². The summed E-state index contributed by atoms with van der Waals surface area (Å²) in [4.78, 5) is 75.8. The first-order valence-electron chi connectivity index (χ1n) is 15.8. The van der Waals surface area contributed by atoms with Gasteiger partial charge in [-0.05, 0) is 90.4 Å². The van der Waals surface area contributed by atoms with Crippen LogP contribution >= 0.6 is 30.5 Å². The summed E-state index contributed by atoms with van der Waals surface area (Å²) in [5.74, 6) is -1.84. The summed E-state index contributed by atoms with van der Waals surface area (Å²) in [6, 6.07) is 15.5. The first kappa shape index (κ1) is 38.0. The number of benzene rings is 3. The van der Waals surface area contributed by atoms with Crippen LogP contribution in [0.15, 0.2) is 72.8 Å². The van der Waals surface area contributed by atoms with Gasteiger partial charge in [-0.2, -0.15) is 8.78 Å². The van der Waals surface area contributed by atoms with E-state index in [1.54, 1.807) is 69.3 Å². The Morgan fingerprint density at radius 1 is 0.961 bits per heavy atom. The monoisotopic (exact) mass is 760 g/mol. The lowest BCUT2D eigenvalue weighted by Crippen LogP contribution is -2.57. The van der Waals surface area contributed by atoms with Gasteiger partial charge in [-0.15, -0.1) is 11.3 Å². The van der Waals surface area contributed by atoms with E-state index in [-0.39, 0.29) is 22.7 Å². The van der Waals surface area contributed by atoms with E-state index in [1.165, 1.54) is 29.0 Å². The summed E-state index contributed by atoms with van der Waals surface area (Å²) in [5.41, 5.74) is -4.80.